The molecule has 0 amide bonds. The van der Waals surface area contributed by atoms with Gasteiger partial charge in [-0.1, -0.05) is 97.1 Å². The molecule has 0 saturated carbocycles. The number of benzene rings is 4. The maximum absolute atomic E-state index is 5.78. The van der Waals surface area contributed by atoms with Gasteiger partial charge in [0.2, 0.25) is 0 Å². The Kier molecular flexibility index (Phi) is 4.89. The fourth-order valence-electron chi connectivity index (χ4n) is 5.88. The first-order valence-corrected chi connectivity index (χ1v) is 13.3. The summed E-state index contributed by atoms with van der Waals surface area (Å²) >= 11 is 0. The molecule has 0 unspecified atom stereocenters. The van der Waals surface area contributed by atoms with Crippen molar-refractivity contribution in [3.05, 3.63) is 144 Å². The molecule has 184 valence electrons. The van der Waals surface area contributed by atoms with Crippen LogP contribution >= 0.6 is 0 Å². The number of furan rings is 1. The second-order valence-electron chi connectivity index (χ2n) is 10.1. The highest BCUT2D eigenvalue weighted by atomic mass is 16.3. The van der Waals surface area contributed by atoms with Crippen LogP contribution in [0.3, 0.4) is 0 Å². The predicted molar refractivity (Wildman–Crippen MR) is 159 cm³/mol. The summed E-state index contributed by atoms with van der Waals surface area (Å²) in [5.74, 6) is 0.858. The molecular weight excluding hydrogens is 476 g/mol. The van der Waals surface area contributed by atoms with Gasteiger partial charge in [0.15, 0.2) is 0 Å². The summed E-state index contributed by atoms with van der Waals surface area (Å²) in [5, 5.41) is 7.72. The highest BCUT2D eigenvalue weighted by Crippen LogP contribution is 2.42. The molecule has 3 nitrogen and oxygen atoms in total. The van der Waals surface area contributed by atoms with Crippen LogP contribution in [0, 0.1) is 0 Å². The van der Waals surface area contributed by atoms with Crippen molar-refractivity contribution in [2.45, 2.75) is 6.42 Å². The minimum Gasteiger partial charge on any atom is -0.464 e. The van der Waals surface area contributed by atoms with Gasteiger partial charge in [-0.05, 0) is 58.0 Å². The van der Waals surface area contributed by atoms with E-state index in [9.17, 15) is 0 Å². The van der Waals surface area contributed by atoms with E-state index in [1.165, 1.54) is 22.1 Å². The van der Waals surface area contributed by atoms with Crippen LogP contribution in [0.1, 0.15) is 16.8 Å². The van der Waals surface area contributed by atoms with Crippen LogP contribution < -0.4 is 0 Å². The summed E-state index contributed by atoms with van der Waals surface area (Å²) < 4.78 is 7.94. The van der Waals surface area contributed by atoms with E-state index in [4.69, 9.17) is 9.52 Å². The zero-order chi connectivity index (χ0) is 25.8. The summed E-state index contributed by atoms with van der Waals surface area (Å²) in [6.45, 7) is 0. The molecule has 0 bridgehead atoms. The molecule has 7 aromatic rings. The monoisotopic (exact) mass is 500 g/mol. The molecule has 3 heterocycles. The lowest BCUT2D eigenvalue weighted by atomic mass is 9.95. The van der Waals surface area contributed by atoms with Crippen LogP contribution in [0.15, 0.2) is 132 Å². The predicted octanol–water partition coefficient (Wildman–Crippen LogP) is 9.18. The van der Waals surface area contributed by atoms with Crippen molar-refractivity contribution in [3.8, 4) is 33.7 Å². The van der Waals surface area contributed by atoms with Gasteiger partial charge in [-0.3, -0.25) is 0 Å². The largest absolute Gasteiger partial charge is 0.464 e. The molecule has 0 saturated heterocycles. The average Bonchev–Trinajstić information content (AvgIpc) is 3.76. The molecule has 8 rings (SSSR count). The molecule has 39 heavy (non-hydrogen) atoms. The maximum atomic E-state index is 5.78. The number of nitrogens with zero attached hydrogens (tertiary/aromatic N) is 2. The van der Waals surface area contributed by atoms with Crippen molar-refractivity contribution in [1.29, 1.82) is 0 Å². The lowest BCUT2D eigenvalue weighted by molar-refractivity contribution is 0.582. The Bertz CT molecular complexity index is 2010. The number of rotatable bonds is 4. The first kappa shape index (κ1) is 21.9. The Morgan fingerprint density at radius 1 is 0.667 bits per heavy atom. The smallest absolute Gasteiger partial charge is 0.133 e. The maximum Gasteiger partial charge on any atom is 0.133 e. The quantitative estimate of drug-likeness (QED) is 0.241. The Labute approximate surface area is 226 Å². The van der Waals surface area contributed by atoms with E-state index in [2.05, 4.69) is 120 Å². The lowest BCUT2D eigenvalue weighted by Crippen LogP contribution is -1.96. The standard InChI is InChI=1S/C36H24N2O/c1-3-10-24(11-4-1)32-23-28-17-18-29(33-16-9-19-39-33)22-31(28)36-34(25-12-5-2-6-13-25)35(37-38(32)36)30-20-26-14-7-8-15-27(26)21-30/h1-20,22-23H,21H2. The molecule has 0 aliphatic heterocycles. The van der Waals surface area contributed by atoms with E-state index < -0.39 is 0 Å². The van der Waals surface area contributed by atoms with Crippen LogP contribution in [0.5, 0.6) is 0 Å². The Morgan fingerprint density at radius 3 is 2.21 bits per heavy atom. The number of aromatic nitrogens is 2. The van der Waals surface area contributed by atoms with E-state index in [-0.39, 0.29) is 0 Å². The van der Waals surface area contributed by atoms with Gasteiger partial charge in [-0.2, -0.15) is 5.10 Å². The Morgan fingerprint density at radius 2 is 1.44 bits per heavy atom. The SMILES string of the molecule is C1=C(c2nn3c(-c4ccccc4)cc4ccc(-c5ccco5)cc4c3c2-c2ccccc2)Cc2ccccc21. The Hall–Kier alpha value is -5.15. The van der Waals surface area contributed by atoms with E-state index in [0.29, 0.717) is 0 Å². The van der Waals surface area contributed by atoms with E-state index >= 15 is 0 Å². The van der Waals surface area contributed by atoms with E-state index in [1.807, 2.05) is 12.1 Å². The molecule has 0 atom stereocenters. The average molecular weight is 501 g/mol. The third-order valence-electron chi connectivity index (χ3n) is 7.72. The Balaban J connectivity index is 1.50. The second kappa shape index (κ2) is 8.71. The van der Waals surface area contributed by atoms with Crippen LogP contribution in [-0.2, 0) is 6.42 Å². The summed E-state index contributed by atoms with van der Waals surface area (Å²) in [5.41, 5.74) is 11.6. The van der Waals surface area contributed by atoms with E-state index in [0.717, 1.165) is 56.7 Å². The molecule has 0 radical (unpaired) electrons. The minimum absolute atomic E-state index is 0.858. The first-order chi connectivity index (χ1) is 19.3. The van der Waals surface area contributed by atoms with Crippen molar-refractivity contribution in [2.24, 2.45) is 0 Å². The third-order valence-corrected chi connectivity index (χ3v) is 7.72. The summed E-state index contributed by atoms with van der Waals surface area (Å²) in [4.78, 5) is 0. The van der Waals surface area contributed by atoms with Crippen molar-refractivity contribution < 1.29 is 4.42 Å². The van der Waals surface area contributed by atoms with Gasteiger partial charge in [0.05, 0.1) is 23.2 Å². The molecule has 4 aromatic carbocycles. The van der Waals surface area contributed by atoms with Gasteiger partial charge in [0, 0.05) is 28.5 Å². The summed E-state index contributed by atoms with van der Waals surface area (Å²) in [6.07, 6.45) is 4.91. The number of allylic oxidation sites excluding steroid dienone is 1. The third kappa shape index (κ3) is 3.55. The normalized spacial score (nSPS) is 12.7. The van der Waals surface area contributed by atoms with Gasteiger partial charge >= 0.3 is 0 Å². The number of fused-ring (bicyclic) bond motifs is 4. The highest BCUT2D eigenvalue weighted by molar-refractivity contribution is 6.09. The molecule has 1 aliphatic rings. The minimum atomic E-state index is 0.858. The van der Waals surface area contributed by atoms with Crippen LogP contribution in [0.2, 0.25) is 0 Å². The van der Waals surface area contributed by atoms with Crippen molar-refractivity contribution in [2.75, 3.05) is 0 Å². The molecule has 3 heteroatoms. The molecular formula is C36H24N2O. The molecule has 3 aromatic heterocycles. The molecule has 0 spiro atoms. The van der Waals surface area contributed by atoms with E-state index in [1.54, 1.807) is 6.26 Å². The molecule has 0 N–H and O–H groups in total. The first-order valence-electron chi connectivity index (χ1n) is 13.3. The number of pyridine rings is 1. The zero-order valence-corrected chi connectivity index (χ0v) is 21.2. The summed E-state index contributed by atoms with van der Waals surface area (Å²) in [6, 6.07) is 42.7. The van der Waals surface area contributed by atoms with Crippen LogP contribution in [0.4, 0.5) is 0 Å². The zero-order valence-electron chi connectivity index (χ0n) is 21.2. The topological polar surface area (TPSA) is 30.4 Å². The molecule has 0 fully saturated rings. The second-order valence-corrected chi connectivity index (χ2v) is 10.1. The summed E-state index contributed by atoms with van der Waals surface area (Å²) in [7, 11) is 0. The fraction of sp³-hybridized carbons (Fsp3) is 0.0278. The number of hydrogen-bond donors (Lipinski definition) is 0. The van der Waals surface area contributed by atoms with Crippen LogP contribution in [0.25, 0.3) is 61.6 Å². The van der Waals surface area contributed by atoms with Crippen LogP contribution in [-0.4, -0.2) is 9.61 Å². The fourth-order valence-corrected chi connectivity index (χ4v) is 5.88. The highest BCUT2D eigenvalue weighted by Gasteiger charge is 2.25. The van der Waals surface area contributed by atoms with Gasteiger partial charge in [0.25, 0.3) is 0 Å². The van der Waals surface area contributed by atoms with Gasteiger partial charge in [0.1, 0.15) is 5.76 Å². The van der Waals surface area contributed by atoms with Crippen molar-refractivity contribution >= 4 is 27.9 Å². The van der Waals surface area contributed by atoms with Gasteiger partial charge in [-0.15, -0.1) is 0 Å². The lowest BCUT2D eigenvalue weighted by Gasteiger charge is -2.11. The van der Waals surface area contributed by atoms with Gasteiger partial charge < -0.3 is 4.42 Å². The van der Waals surface area contributed by atoms with Crippen molar-refractivity contribution in [3.63, 3.8) is 0 Å². The number of hydrogen-bond acceptors (Lipinski definition) is 2. The molecule has 1 aliphatic carbocycles. The van der Waals surface area contributed by atoms with Crippen molar-refractivity contribution in [1.82, 2.24) is 9.61 Å². The van der Waals surface area contributed by atoms with Gasteiger partial charge in [-0.25, -0.2) is 4.52 Å².